The molecule has 0 amide bonds. The second-order valence-electron chi connectivity index (χ2n) is 6.61. The van der Waals surface area contributed by atoms with Gasteiger partial charge in [0.2, 0.25) is 10.0 Å². The Balaban J connectivity index is 2.24. The summed E-state index contributed by atoms with van der Waals surface area (Å²) in [5.74, 6) is -0.541. The Bertz CT molecular complexity index is 868. The van der Waals surface area contributed by atoms with Crippen LogP contribution in [-0.4, -0.2) is 55.2 Å². The Morgan fingerprint density at radius 3 is 2.22 bits per heavy atom. The molecular weight excluding hydrogens is 369 g/mol. The Labute approximate surface area is 160 Å². The molecule has 0 saturated heterocycles. The zero-order valence-corrected chi connectivity index (χ0v) is 17.0. The van der Waals surface area contributed by atoms with Crippen molar-refractivity contribution in [2.24, 2.45) is 0 Å². The van der Waals surface area contributed by atoms with Gasteiger partial charge in [-0.2, -0.15) is 0 Å². The number of anilines is 1. The number of halogens is 1. The van der Waals surface area contributed by atoms with Crippen LogP contribution >= 0.6 is 0 Å². The predicted octanol–water partition coefficient (Wildman–Crippen LogP) is 2.48. The van der Waals surface area contributed by atoms with Crippen molar-refractivity contribution in [3.63, 3.8) is 0 Å². The molecule has 0 aliphatic heterocycles. The molecule has 0 aliphatic rings. The number of hydrogen-bond acceptors (Lipinski definition) is 5. The summed E-state index contributed by atoms with van der Waals surface area (Å²) in [5, 5.41) is 0. The minimum atomic E-state index is -3.93. The zero-order valence-electron chi connectivity index (χ0n) is 16.2. The van der Waals surface area contributed by atoms with Gasteiger partial charge in [0.05, 0.1) is 7.11 Å². The number of benzene rings is 2. The summed E-state index contributed by atoms with van der Waals surface area (Å²) in [6.07, 6.45) is 0. The van der Waals surface area contributed by atoms with E-state index in [-0.39, 0.29) is 23.2 Å². The lowest BCUT2D eigenvalue weighted by molar-refractivity contribution is 0.299. The number of nitrogens with one attached hydrogen (secondary N) is 1. The number of nitrogens with zero attached hydrogens (tertiary/aromatic N) is 2. The van der Waals surface area contributed by atoms with Crippen LogP contribution in [0.1, 0.15) is 11.6 Å². The highest BCUT2D eigenvalue weighted by Crippen LogP contribution is 2.26. The maximum atomic E-state index is 13.5. The van der Waals surface area contributed by atoms with Crippen molar-refractivity contribution < 1.29 is 17.5 Å². The monoisotopic (exact) mass is 395 g/mol. The van der Waals surface area contributed by atoms with Gasteiger partial charge in [-0.1, -0.05) is 12.1 Å². The van der Waals surface area contributed by atoms with Crippen LogP contribution in [-0.2, 0) is 10.0 Å². The van der Waals surface area contributed by atoms with Crippen molar-refractivity contribution in [2.75, 3.05) is 46.7 Å². The van der Waals surface area contributed by atoms with Gasteiger partial charge in [0.15, 0.2) is 0 Å². The molecule has 1 unspecified atom stereocenters. The first-order chi connectivity index (χ1) is 12.7. The van der Waals surface area contributed by atoms with Crippen molar-refractivity contribution in [3.8, 4) is 5.75 Å². The third kappa shape index (κ3) is 5.18. The van der Waals surface area contributed by atoms with Crippen LogP contribution in [0.3, 0.4) is 0 Å². The molecule has 0 saturated carbocycles. The molecule has 0 fully saturated rings. The van der Waals surface area contributed by atoms with Crippen LogP contribution in [0.25, 0.3) is 0 Å². The van der Waals surface area contributed by atoms with Gasteiger partial charge < -0.3 is 14.5 Å². The molecule has 0 aromatic heterocycles. The van der Waals surface area contributed by atoms with Gasteiger partial charge in [0.25, 0.3) is 0 Å². The van der Waals surface area contributed by atoms with E-state index in [9.17, 15) is 12.8 Å². The molecule has 1 N–H and O–H groups in total. The molecule has 0 heterocycles. The van der Waals surface area contributed by atoms with E-state index in [1.54, 1.807) is 0 Å². The van der Waals surface area contributed by atoms with Crippen LogP contribution in [0.2, 0.25) is 0 Å². The average Bonchev–Trinajstić information content (AvgIpc) is 2.62. The number of likely N-dealkylation sites (N-methyl/N-ethyl adjacent to an activating group) is 1. The highest BCUT2D eigenvalue weighted by atomic mass is 32.2. The predicted molar refractivity (Wildman–Crippen MR) is 105 cm³/mol. The van der Waals surface area contributed by atoms with E-state index in [4.69, 9.17) is 4.74 Å². The molecule has 27 heavy (non-hydrogen) atoms. The van der Waals surface area contributed by atoms with Gasteiger partial charge in [-0.3, -0.25) is 0 Å². The molecule has 148 valence electrons. The van der Waals surface area contributed by atoms with E-state index >= 15 is 0 Å². The van der Waals surface area contributed by atoms with Gasteiger partial charge in [-0.25, -0.2) is 17.5 Å². The fraction of sp³-hybridized carbons (Fsp3) is 0.368. The lowest BCUT2D eigenvalue weighted by Gasteiger charge is -2.26. The van der Waals surface area contributed by atoms with Crippen LogP contribution in [0.5, 0.6) is 5.75 Å². The van der Waals surface area contributed by atoms with E-state index in [2.05, 4.69) is 4.72 Å². The Morgan fingerprint density at radius 2 is 1.70 bits per heavy atom. The molecule has 8 heteroatoms. The first-order valence-corrected chi connectivity index (χ1v) is 9.91. The maximum absolute atomic E-state index is 13.5. The zero-order chi connectivity index (χ0) is 20.2. The lowest BCUT2D eigenvalue weighted by Crippen LogP contribution is -2.34. The highest BCUT2D eigenvalue weighted by Gasteiger charge is 2.23. The van der Waals surface area contributed by atoms with E-state index in [1.165, 1.54) is 13.2 Å². The number of rotatable bonds is 8. The Hall–Kier alpha value is -2.16. The Kier molecular flexibility index (Phi) is 6.80. The first kappa shape index (κ1) is 21.1. The summed E-state index contributed by atoms with van der Waals surface area (Å²) < 4.78 is 46.5. The van der Waals surface area contributed by atoms with Crippen molar-refractivity contribution in [3.05, 3.63) is 53.8 Å². The number of sulfonamides is 1. The molecule has 0 spiro atoms. The smallest absolute Gasteiger partial charge is 0.244 e. The van der Waals surface area contributed by atoms with Crippen molar-refractivity contribution in [1.29, 1.82) is 0 Å². The van der Waals surface area contributed by atoms with Gasteiger partial charge in [-0.05, 0) is 50.0 Å². The van der Waals surface area contributed by atoms with E-state index < -0.39 is 15.8 Å². The van der Waals surface area contributed by atoms with Crippen molar-refractivity contribution in [1.82, 2.24) is 9.62 Å². The van der Waals surface area contributed by atoms with Crippen molar-refractivity contribution in [2.45, 2.75) is 10.9 Å². The number of hydrogen-bond donors (Lipinski definition) is 1. The quantitative estimate of drug-likeness (QED) is 0.744. The molecule has 2 aromatic carbocycles. The summed E-state index contributed by atoms with van der Waals surface area (Å²) in [7, 11) is 5.08. The molecule has 6 nitrogen and oxygen atoms in total. The second-order valence-corrected chi connectivity index (χ2v) is 8.35. The largest absolute Gasteiger partial charge is 0.495 e. The molecule has 1 atom stereocenters. The molecule has 0 bridgehead atoms. The minimum absolute atomic E-state index is 0.0978. The van der Waals surface area contributed by atoms with Crippen LogP contribution in [0.4, 0.5) is 10.1 Å². The fourth-order valence-corrected chi connectivity index (χ4v) is 3.94. The van der Waals surface area contributed by atoms with Crippen LogP contribution in [0, 0.1) is 5.82 Å². The number of ether oxygens (including phenoxy) is 1. The summed E-state index contributed by atoms with van der Waals surface area (Å²) in [6, 6.07) is 11.1. The van der Waals surface area contributed by atoms with Crippen LogP contribution < -0.4 is 14.4 Å². The fourth-order valence-electron chi connectivity index (χ4n) is 2.72. The summed E-state index contributed by atoms with van der Waals surface area (Å²) in [6.45, 7) is 0.135. The lowest BCUT2D eigenvalue weighted by atomic mass is 10.1. The summed E-state index contributed by atoms with van der Waals surface area (Å²) in [4.78, 5) is 3.70. The maximum Gasteiger partial charge on any atom is 0.244 e. The van der Waals surface area contributed by atoms with E-state index in [1.807, 2.05) is 62.3 Å². The third-order valence-electron chi connectivity index (χ3n) is 4.30. The van der Waals surface area contributed by atoms with Crippen LogP contribution in [0.15, 0.2) is 47.4 Å². The molecule has 2 aromatic rings. The van der Waals surface area contributed by atoms with Gasteiger partial charge in [0, 0.05) is 32.4 Å². The molecule has 2 rings (SSSR count). The summed E-state index contributed by atoms with van der Waals surface area (Å²) in [5.41, 5.74) is 2.03. The average molecular weight is 396 g/mol. The van der Waals surface area contributed by atoms with E-state index in [0.29, 0.717) is 0 Å². The topological polar surface area (TPSA) is 61.9 Å². The highest BCUT2D eigenvalue weighted by molar-refractivity contribution is 7.89. The van der Waals surface area contributed by atoms with Gasteiger partial charge >= 0.3 is 0 Å². The molecule has 0 radical (unpaired) electrons. The number of methoxy groups -OCH3 is 1. The second kappa shape index (κ2) is 8.69. The Morgan fingerprint density at radius 1 is 1.07 bits per heavy atom. The normalized spacial score (nSPS) is 12.9. The van der Waals surface area contributed by atoms with Crippen molar-refractivity contribution >= 4 is 15.7 Å². The first-order valence-electron chi connectivity index (χ1n) is 8.42. The van der Waals surface area contributed by atoms with Gasteiger partial charge in [0.1, 0.15) is 16.5 Å². The summed E-state index contributed by atoms with van der Waals surface area (Å²) >= 11 is 0. The molecule has 0 aliphatic carbocycles. The standard InChI is InChI=1S/C19H26FN3O3S/c1-22(2)16-9-6-14(7-10-16)17(23(3)4)13-21-27(24,25)19-12-15(20)8-11-18(19)26-5/h6-12,17,21H,13H2,1-5H3. The SMILES string of the molecule is COc1ccc(F)cc1S(=O)(=O)NCC(c1ccc(N(C)C)cc1)N(C)C. The third-order valence-corrected chi connectivity index (χ3v) is 5.74. The van der Waals surface area contributed by atoms with E-state index in [0.717, 1.165) is 23.4 Å². The minimum Gasteiger partial charge on any atom is -0.495 e. The van der Waals surface area contributed by atoms with Gasteiger partial charge in [-0.15, -0.1) is 0 Å². The molecular formula is C19H26FN3O3S.